The second-order valence-corrected chi connectivity index (χ2v) is 11.2. The fourth-order valence-corrected chi connectivity index (χ4v) is 6.13. The Balaban J connectivity index is 1.32. The zero-order valence-corrected chi connectivity index (χ0v) is 22.5. The van der Waals surface area contributed by atoms with Gasteiger partial charge in [0.05, 0.1) is 0 Å². The molecular weight excluding hydrogens is 510 g/mol. The van der Waals surface area contributed by atoms with Gasteiger partial charge in [-0.1, -0.05) is 36.6 Å². The zero-order valence-electron chi connectivity index (χ0n) is 20.1. The van der Waals surface area contributed by atoms with Crippen LogP contribution in [0.3, 0.4) is 0 Å². The third kappa shape index (κ3) is 6.25. The van der Waals surface area contributed by atoms with Crippen molar-refractivity contribution in [3.8, 4) is 0 Å². The van der Waals surface area contributed by atoms with Gasteiger partial charge in [-0.2, -0.15) is 4.98 Å². The van der Waals surface area contributed by atoms with Crippen molar-refractivity contribution in [2.24, 2.45) is 0 Å². The predicted octanol–water partition coefficient (Wildman–Crippen LogP) is 5.86. The van der Waals surface area contributed by atoms with Gasteiger partial charge in [-0.05, 0) is 79.8 Å². The Morgan fingerprint density at radius 3 is 2.53 bits per heavy atom. The molecule has 0 spiro atoms. The maximum Gasteiger partial charge on any atom is 0.232 e. The minimum atomic E-state index is 0.0266. The van der Waals surface area contributed by atoms with Gasteiger partial charge >= 0.3 is 0 Å². The molecule has 3 aromatic rings. The number of aromatic nitrogens is 4. The number of benzene rings is 1. The predicted molar refractivity (Wildman–Crippen MR) is 150 cm³/mol. The van der Waals surface area contributed by atoms with E-state index in [2.05, 4.69) is 37.6 Å². The molecule has 36 heavy (non-hydrogen) atoms. The van der Waals surface area contributed by atoms with Gasteiger partial charge in [-0.25, -0.2) is 15.0 Å². The van der Waals surface area contributed by atoms with Crippen LogP contribution < -0.4 is 15.5 Å². The van der Waals surface area contributed by atoms with Crippen LogP contribution in [0, 0.1) is 0 Å². The van der Waals surface area contributed by atoms with E-state index in [4.69, 9.17) is 33.8 Å². The molecule has 1 saturated heterocycles. The van der Waals surface area contributed by atoms with Gasteiger partial charge < -0.3 is 15.5 Å². The summed E-state index contributed by atoms with van der Waals surface area (Å²) < 4.78 is 0. The summed E-state index contributed by atoms with van der Waals surface area (Å²) in [5, 5.41) is 9.42. The van der Waals surface area contributed by atoms with Crippen molar-refractivity contribution in [1.29, 1.82) is 0 Å². The quantitative estimate of drug-likeness (QED) is 0.218. The van der Waals surface area contributed by atoms with Gasteiger partial charge in [0.2, 0.25) is 5.95 Å². The van der Waals surface area contributed by atoms with Crippen molar-refractivity contribution in [3.05, 3.63) is 59.4 Å². The summed E-state index contributed by atoms with van der Waals surface area (Å²) in [4.78, 5) is 20.5. The third-order valence-corrected chi connectivity index (χ3v) is 8.21. The summed E-state index contributed by atoms with van der Waals surface area (Å²) in [7, 11) is 0. The largest absolute Gasteiger partial charge is 0.361 e. The summed E-state index contributed by atoms with van der Waals surface area (Å²) >= 11 is 13.4. The van der Waals surface area contributed by atoms with Crippen LogP contribution in [0.4, 0.5) is 11.8 Å². The van der Waals surface area contributed by atoms with Gasteiger partial charge in [0.1, 0.15) is 10.8 Å². The average molecular weight is 540 g/mol. The van der Waals surface area contributed by atoms with Crippen LogP contribution in [-0.2, 0) is 5.41 Å². The number of rotatable bonds is 7. The van der Waals surface area contributed by atoms with E-state index < -0.39 is 0 Å². The van der Waals surface area contributed by atoms with E-state index in [1.165, 1.54) is 49.4 Å². The highest BCUT2D eigenvalue weighted by Crippen LogP contribution is 2.41. The minimum absolute atomic E-state index is 0.0266. The Bertz CT molecular complexity index is 1180. The van der Waals surface area contributed by atoms with E-state index in [-0.39, 0.29) is 5.41 Å². The highest BCUT2D eigenvalue weighted by Gasteiger charge is 2.35. The number of nitrogens with one attached hydrogen (secondary N) is 2. The number of anilines is 2. The van der Waals surface area contributed by atoms with E-state index in [1.807, 2.05) is 18.2 Å². The van der Waals surface area contributed by atoms with Gasteiger partial charge in [-0.3, -0.25) is 0 Å². The molecule has 3 heterocycles. The lowest BCUT2D eigenvalue weighted by Crippen LogP contribution is -2.41. The number of halogens is 1. The summed E-state index contributed by atoms with van der Waals surface area (Å²) in [6.07, 6.45) is 11.7. The number of piperidine rings is 1. The first-order chi connectivity index (χ1) is 17.6. The average Bonchev–Trinajstić information content (AvgIpc) is 3.39. The highest BCUT2D eigenvalue weighted by atomic mass is 35.5. The molecule has 1 aliphatic carbocycles. The molecule has 0 atom stereocenters. The molecule has 2 aromatic heterocycles. The van der Waals surface area contributed by atoms with E-state index in [0.29, 0.717) is 16.2 Å². The second-order valence-electron chi connectivity index (χ2n) is 9.37. The van der Waals surface area contributed by atoms with E-state index in [9.17, 15) is 0 Å². The van der Waals surface area contributed by atoms with Crippen molar-refractivity contribution in [2.45, 2.75) is 60.5 Å². The van der Waals surface area contributed by atoms with Crippen LogP contribution in [0.15, 0.2) is 59.0 Å². The summed E-state index contributed by atoms with van der Waals surface area (Å²) in [5.41, 5.74) is 1.30. The summed E-state index contributed by atoms with van der Waals surface area (Å²) in [6.45, 7) is 2.73. The monoisotopic (exact) mass is 539 g/mol. The van der Waals surface area contributed by atoms with Crippen LogP contribution in [0.25, 0.3) is 0 Å². The molecular formula is C26H30ClN7S2. The summed E-state index contributed by atoms with van der Waals surface area (Å²) in [6, 6.07) is 12.0. The molecule has 2 aliphatic rings. The van der Waals surface area contributed by atoms with Crippen LogP contribution in [0.1, 0.15) is 50.5 Å². The molecule has 0 radical (unpaired) electrons. The number of nitrogens with zero attached hydrogens (tertiary/aromatic N) is 5. The normalized spacial score (nSPS) is 17.1. The van der Waals surface area contributed by atoms with Crippen molar-refractivity contribution in [3.63, 3.8) is 0 Å². The summed E-state index contributed by atoms with van der Waals surface area (Å²) in [5.74, 6) is 1.39. The SMILES string of the molecule is S=C(NCC1(c2cccc(Cl)c2)CCCC1)Nc1nc(Sc2ncccn2)cc(N2CCCCC2)n1. The topological polar surface area (TPSA) is 78.9 Å². The Morgan fingerprint density at radius 2 is 1.78 bits per heavy atom. The fraction of sp³-hybridized carbons (Fsp3) is 0.423. The van der Waals surface area contributed by atoms with Gasteiger partial charge in [0.15, 0.2) is 10.3 Å². The second kappa shape index (κ2) is 11.7. The Hall–Kier alpha value is -2.49. The highest BCUT2D eigenvalue weighted by molar-refractivity contribution is 7.99. The van der Waals surface area contributed by atoms with Crippen LogP contribution in [0.5, 0.6) is 0 Å². The molecule has 1 aromatic carbocycles. The molecule has 10 heteroatoms. The standard InChI is InChI=1S/C26H30ClN7S2/c27-20-9-6-8-19(16-20)26(10-2-3-11-26)18-30-24(35)33-23-31-21(34-14-4-1-5-15-34)17-22(32-23)36-25-28-12-7-13-29-25/h6-9,12-13,16-17H,1-5,10-11,14-15,18H2,(H2,30,31,32,33,35). The number of hydrogen-bond acceptors (Lipinski definition) is 7. The van der Waals surface area contributed by atoms with Crippen LogP contribution >= 0.6 is 35.6 Å². The van der Waals surface area contributed by atoms with Crippen LogP contribution in [0.2, 0.25) is 5.02 Å². The molecule has 0 bridgehead atoms. The van der Waals surface area contributed by atoms with Gasteiger partial charge in [-0.15, -0.1) is 0 Å². The van der Waals surface area contributed by atoms with Gasteiger partial charge in [0, 0.05) is 48.5 Å². The molecule has 5 rings (SSSR count). The zero-order chi connectivity index (χ0) is 24.8. The number of thiocarbonyl (C=S) groups is 1. The first kappa shape index (κ1) is 25.2. The van der Waals surface area contributed by atoms with Crippen molar-refractivity contribution < 1.29 is 0 Å². The van der Waals surface area contributed by atoms with E-state index in [0.717, 1.165) is 48.3 Å². The lowest BCUT2D eigenvalue weighted by Gasteiger charge is -2.31. The van der Waals surface area contributed by atoms with Crippen molar-refractivity contribution >= 4 is 52.5 Å². The Kier molecular flexibility index (Phi) is 8.19. The van der Waals surface area contributed by atoms with E-state index >= 15 is 0 Å². The smallest absolute Gasteiger partial charge is 0.232 e. The fourth-order valence-electron chi connectivity index (χ4n) is 5.07. The first-order valence-corrected chi connectivity index (χ1v) is 14.1. The molecule has 0 amide bonds. The Morgan fingerprint density at radius 1 is 1.00 bits per heavy atom. The molecule has 2 N–H and O–H groups in total. The molecule has 188 valence electrons. The molecule has 1 aliphatic heterocycles. The van der Waals surface area contributed by atoms with Gasteiger partial charge in [0.25, 0.3) is 0 Å². The van der Waals surface area contributed by atoms with Crippen molar-refractivity contribution in [2.75, 3.05) is 29.9 Å². The maximum absolute atomic E-state index is 6.32. The lowest BCUT2D eigenvalue weighted by molar-refractivity contribution is 0.435. The van der Waals surface area contributed by atoms with E-state index in [1.54, 1.807) is 18.5 Å². The minimum Gasteiger partial charge on any atom is -0.361 e. The molecule has 0 unspecified atom stereocenters. The van der Waals surface area contributed by atoms with Crippen molar-refractivity contribution in [1.82, 2.24) is 25.3 Å². The third-order valence-electron chi connectivity index (χ3n) is 6.92. The molecule has 1 saturated carbocycles. The molecule has 7 nitrogen and oxygen atoms in total. The first-order valence-electron chi connectivity index (χ1n) is 12.5. The van der Waals surface area contributed by atoms with Crippen LogP contribution in [-0.4, -0.2) is 44.7 Å². The Labute approximate surface area is 226 Å². The lowest BCUT2D eigenvalue weighted by atomic mass is 9.79. The number of hydrogen-bond donors (Lipinski definition) is 2. The molecule has 2 fully saturated rings. The maximum atomic E-state index is 6.32.